The topological polar surface area (TPSA) is 55.6 Å². The predicted octanol–water partition coefficient (Wildman–Crippen LogP) is 2.33. The largest absolute Gasteiger partial charge is 0.378 e. The van der Waals surface area contributed by atoms with Crippen molar-refractivity contribution in [2.75, 3.05) is 31.2 Å². The van der Waals surface area contributed by atoms with E-state index in [-0.39, 0.29) is 0 Å². The number of hydrogen-bond donors (Lipinski definition) is 1. The van der Waals surface area contributed by atoms with Gasteiger partial charge in [-0.25, -0.2) is 0 Å². The van der Waals surface area contributed by atoms with Crippen molar-refractivity contribution in [3.05, 3.63) is 33.8 Å². The van der Waals surface area contributed by atoms with Crippen molar-refractivity contribution in [3.63, 3.8) is 0 Å². The Morgan fingerprint density at radius 3 is 2.58 bits per heavy atom. The number of morpholine rings is 1. The van der Waals surface area contributed by atoms with Gasteiger partial charge in [0.2, 0.25) is 5.91 Å². The Bertz CT molecular complexity index is 512. The van der Waals surface area contributed by atoms with E-state index in [9.17, 15) is 4.79 Å². The summed E-state index contributed by atoms with van der Waals surface area (Å²) in [5.74, 6) is -0.524. The van der Waals surface area contributed by atoms with Crippen molar-refractivity contribution in [2.24, 2.45) is 5.73 Å². The van der Waals surface area contributed by atoms with Gasteiger partial charge in [0.05, 0.1) is 28.9 Å². The number of primary amides is 1. The summed E-state index contributed by atoms with van der Waals surface area (Å²) in [5.41, 5.74) is 6.60. The highest BCUT2D eigenvalue weighted by Crippen LogP contribution is 2.36. The van der Waals surface area contributed by atoms with Gasteiger partial charge in [-0.2, -0.15) is 0 Å². The molecule has 2 N–H and O–H groups in total. The van der Waals surface area contributed by atoms with Crippen LogP contribution in [0.5, 0.6) is 0 Å². The molecule has 19 heavy (non-hydrogen) atoms. The number of nitrogens with zero attached hydrogens (tertiary/aromatic N) is 1. The summed E-state index contributed by atoms with van der Waals surface area (Å²) in [4.78, 5) is 12.8. The molecule has 0 unspecified atom stereocenters. The number of benzene rings is 1. The quantitative estimate of drug-likeness (QED) is 0.872. The zero-order chi connectivity index (χ0) is 13.8. The molecule has 1 aromatic rings. The Kier molecular flexibility index (Phi) is 4.69. The molecule has 2 rings (SSSR count). The van der Waals surface area contributed by atoms with E-state index in [1.165, 1.54) is 6.08 Å². The molecule has 0 spiro atoms. The minimum atomic E-state index is -0.524. The minimum Gasteiger partial charge on any atom is -0.378 e. The summed E-state index contributed by atoms with van der Waals surface area (Å²) >= 11 is 12.5. The number of ether oxygens (including phenoxy) is 1. The van der Waals surface area contributed by atoms with E-state index in [0.717, 1.165) is 18.8 Å². The third kappa shape index (κ3) is 3.41. The normalized spacial score (nSPS) is 16.0. The molecule has 1 saturated heterocycles. The number of halogens is 2. The van der Waals surface area contributed by atoms with Crippen molar-refractivity contribution in [1.29, 1.82) is 0 Å². The average Bonchev–Trinajstić information content (AvgIpc) is 2.41. The molecule has 1 heterocycles. The molecule has 4 nitrogen and oxygen atoms in total. The van der Waals surface area contributed by atoms with E-state index in [4.69, 9.17) is 33.7 Å². The second kappa shape index (κ2) is 6.28. The molecular weight excluding hydrogens is 287 g/mol. The molecule has 1 aliphatic heterocycles. The molecule has 0 atom stereocenters. The van der Waals surface area contributed by atoms with Crippen LogP contribution in [0.4, 0.5) is 5.69 Å². The smallest absolute Gasteiger partial charge is 0.241 e. The van der Waals surface area contributed by atoms with Gasteiger partial charge in [-0.1, -0.05) is 29.3 Å². The van der Waals surface area contributed by atoms with Gasteiger partial charge in [-0.05, 0) is 17.7 Å². The predicted molar refractivity (Wildman–Crippen MR) is 77.7 cm³/mol. The first-order valence-electron chi connectivity index (χ1n) is 5.88. The fourth-order valence-electron chi connectivity index (χ4n) is 1.90. The molecule has 6 heteroatoms. The highest BCUT2D eigenvalue weighted by atomic mass is 35.5. The molecule has 0 radical (unpaired) electrons. The van der Waals surface area contributed by atoms with Gasteiger partial charge in [0.1, 0.15) is 0 Å². The van der Waals surface area contributed by atoms with Gasteiger partial charge >= 0.3 is 0 Å². The lowest BCUT2D eigenvalue weighted by Crippen LogP contribution is -2.36. The molecule has 0 saturated carbocycles. The lowest BCUT2D eigenvalue weighted by atomic mass is 10.1. The first kappa shape index (κ1) is 14.2. The summed E-state index contributed by atoms with van der Waals surface area (Å²) in [6, 6.07) is 3.71. The van der Waals surface area contributed by atoms with E-state index in [2.05, 4.69) is 4.90 Å². The van der Waals surface area contributed by atoms with Crippen LogP contribution in [-0.2, 0) is 9.53 Å². The van der Waals surface area contributed by atoms with E-state index in [0.29, 0.717) is 28.8 Å². The van der Waals surface area contributed by atoms with Crippen LogP contribution < -0.4 is 10.6 Å². The molecule has 102 valence electrons. The fraction of sp³-hybridized carbons (Fsp3) is 0.308. The van der Waals surface area contributed by atoms with Crippen molar-refractivity contribution in [1.82, 2.24) is 0 Å². The van der Waals surface area contributed by atoms with Crippen molar-refractivity contribution < 1.29 is 9.53 Å². The van der Waals surface area contributed by atoms with Crippen LogP contribution in [0.1, 0.15) is 5.56 Å². The van der Waals surface area contributed by atoms with E-state index < -0.39 is 5.91 Å². The van der Waals surface area contributed by atoms with E-state index >= 15 is 0 Å². The molecule has 1 aliphatic rings. The summed E-state index contributed by atoms with van der Waals surface area (Å²) < 4.78 is 5.30. The Labute approximate surface area is 121 Å². The van der Waals surface area contributed by atoms with Crippen molar-refractivity contribution >= 4 is 40.9 Å². The Morgan fingerprint density at radius 1 is 1.26 bits per heavy atom. The fourth-order valence-corrected chi connectivity index (χ4v) is 2.42. The van der Waals surface area contributed by atoms with E-state index in [1.54, 1.807) is 6.08 Å². The molecule has 0 aliphatic carbocycles. The van der Waals surface area contributed by atoms with Gasteiger partial charge in [-0.15, -0.1) is 0 Å². The number of hydrogen-bond acceptors (Lipinski definition) is 3. The number of anilines is 1. The Hall–Kier alpha value is -1.23. The second-order valence-corrected chi connectivity index (χ2v) is 4.89. The zero-order valence-electron chi connectivity index (χ0n) is 10.2. The van der Waals surface area contributed by atoms with Gasteiger partial charge in [-0.3, -0.25) is 4.79 Å². The zero-order valence-corrected chi connectivity index (χ0v) is 11.7. The van der Waals surface area contributed by atoms with Crippen molar-refractivity contribution in [3.8, 4) is 0 Å². The highest BCUT2D eigenvalue weighted by molar-refractivity contribution is 6.44. The molecule has 0 bridgehead atoms. The maximum absolute atomic E-state index is 10.7. The Balaban J connectivity index is 2.28. The Morgan fingerprint density at radius 2 is 1.95 bits per heavy atom. The monoisotopic (exact) mass is 300 g/mol. The average molecular weight is 301 g/mol. The van der Waals surface area contributed by atoms with Crippen LogP contribution in [0.15, 0.2) is 18.2 Å². The van der Waals surface area contributed by atoms with Crippen LogP contribution in [0.2, 0.25) is 10.0 Å². The number of carbonyl (C=O) groups is 1. The number of rotatable bonds is 3. The van der Waals surface area contributed by atoms with E-state index in [1.807, 2.05) is 12.1 Å². The molecule has 1 aromatic carbocycles. The lowest BCUT2D eigenvalue weighted by molar-refractivity contribution is -0.113. The van der Waals surface area contributed by atoms with Crippen LogP contribution in [0.3, 0.4) is 0 Å². The first-order valence-corrected chi connectivity index (χ1v) is 6.63. The minimum absolute atomic E-state index is 0.420. The summed E-state index contributed by atoms with van der Waals surface area (Å²) in [6.07, 6.45) is 2.81. The third-order valence-electron chi connectivity index (χ3n) is 2.87. The molecule has 1 fully saturated rings. The number of nitrogens with two attached hydrogens (primary N) is 1. The van der Waals surface area contributed by atoms with Crippen molar-refractivity contribution in [2.45, 2.75) is 0 Å². The number of amides is 1. The lowest BCUT2D eigenvalue weighted by Gasteiger charge is -2.30. The van der Waals surface area contributed by atoms with Gasteiger partial charge in [0, 0.05) is 19.2 Å². The second-order valence-electron chi connectivity index (χ2n) is 4.14. The molecule has 1 amide bonds. The van der Waals surface area contributed by atoms with Crippen LogP contribution in [0.25, 0.3) is 6.08 Å². The summed E-state index contributed by atoms with van der Waals surface area (Å²) in [5, 5.41) is 0.901. The highest BCUT2D eigenvalue weighted by Gasteiger charge is 2.17. The van der Waals surface area contributed by atoms with Gasteiger partial charge in [0.25, 0.3) is 0 Å². The molecular formula is C13H14Cl2N2O2. The molecule has 0 aromatic heterocycles. The maximum Gasteiger partial charge on any atom is 0.241 e. The van der Waals surface area contributed by atoms with Crippen LogP contribution in [-0.4, -0.2) is 32.2 Å². The van der Waals surface area contributed by atoms with Gasteiger partial charge in [0.15, 0.2) is 0 Å². The van der Waals surface area contributed by atoms with Crippen LogP contribution >= 0.6 is 23.2 Å². The van der Waals surface area contributed by atoms with Crippen LogP contribution in [0, 0.1) is 0 Å². The summed E-state index contributed by atoms with van der Waals surface area (Å²) in [7, 11) is 0. The summed E-state index contributed by atoms with van der Waals surface area (Å²) in [6.45, 7) is 2.92. The van der Waals surface area contributed by atoms with Gasteiger partial charge < -0.3 is 15.4 Å². The standard InChI is InChI=1S/C13H14Cl2N2O2/c14-12-9(2-4-11(16)18)1-3-10(13(12)15)17-5-7-19-8-6-17/h1-4H,5-8H2,(H2,16,18)/b4-2+. The SMILES string of the molecule is NC(=O)/C=C/c1ccc(N2CCOCC2)c(Cl)c1Cl. The third-order valence-corrected chi connectivity index (χ3v) is 3.76. The number of carbonyl (C=O) groups excluding carboxylic acids is 1. The maximum atomic E-state index is 10.7. The first-order chi connectivity index (χ1) is 9.09.